The summed E-state index contributed by atoms with van der Waals surface area (Å²) in [6, 6.07) is 8.51. The molecule has 66 valence electrons. The first-order valence-electron chi connectivity index (χ1n) is 4.80. The second kappa shape index (κ2) is 2.34. The molecule has 0 unspecified atom stereocenters. The number of hydrogen-bond donors (Lipinski definition) is 0. The number of aromatic nitrogens is 2. The molecule has 0 aromatic carbocycles. The normalized spacial score (nSPS) is 16.7. The number of aryl methyl sites for hydroxylation is 1. The Morgan fingerprint density at radius 1 is 1.38 bits per heavy atom. The average molecular weight is 172 g/mol. The summed E-state index contributed by atoms with van der Waals surface area (Å²) < 4.78 is 2.04. The van der Waals surface area contributed by atoms with Gasteiger partial charge in [0.2, 0.25) is 0 Å². The van der Waals surface area contributed by atoms with Crippen LogP contribution in [0.2, 0.25) is 0 Å². The lowest BCUT2D eigenvalue weighted by molar-refractivity contribution is 0.863. The number of pyridine rings is 1. The summed E-state index contributed by atoms with van der Waals surface area (Å²) in [6.45, 7) is 2.09. The van der Waals surface area contributed by atoms with Gasteiger partial charge in [-0.25, -0.2) is 4.52 Å². The number of rotatable bonds is 1. The Balaban J connectivity index is 2.26. The highest BCUT2D eigenvalue weighted by atomic mass is 15.2. The lowest BCUT2D eigenvalue weighted by atomic mass is 10.3. The Kier molecular flexibility index (Phi) is 1.29. The second-order valence-electron chi connectivity index (χ2n) is 3.85. The summed E-state index contributed by atoms with van der Waals surface area (Å²) in [5.41, 5.74) is 3.71. The van der Waals surface area contributed by atoms with E-state index in [2.05, 4.69) is 36.3 Å². The third kappa shape index (κ3) is 1.05. The molecule has 3 rings (SSSR count). The first-order valence-corrected chi connectivity index (χ1v) is 4.80. The number of nitrogens with zero attached hydrogens (tertiary/aromatic N) is 2. The van der Waals surface area contributed by atoms with Gasteiger partial charge in [-0.05, 0) is 38.0 Å². The summed E-state index contributed by atoms with van der Waals surface area (Å²) >= 11 is 0. The van der Waals surface area contributed by atoms with Gasteiger partial charge < -0.3 is 0 Å². The van der Waals surface area contributed by atoms with Crippen LogP contribution in [-0.2, 0) is 0 Å². The predicted molar refractivity (Wildman–Crippen MR) is 51.9 cm³/mol. The van der Waals surface area contributed by atoms with E-state index in [1.54, 1.807) is 0 Å². The molecule has 0 N–H and O–H groups in total. The quantitative estimate of drug-likeness (QED) is 0.646. The highest BCUT2D eigenvalue weighted by Crippen LogP contribution is 2.39. The molecule has 1 aliphatic rings. The highest BCUT2D eigenvalue weighted by molar-refractivity contribution is 5.49. The van der Waals surface area contributed by atoms with Gasteiger partial charge >= 0.3 is 0 Å². The van der Waals surface area contributed by atoms with Crippen LogP contribution in [0, 0.1) is 6.92 Å². The minimum Gasteiger partial charge on any atom is -0.238 e. The molecule has 0 bridgehead atoms. The van der Waals surface area contributed by atoms with Gasteiger partial charge in [-0.3, -0.25) is 0 Å². The average Bonchev–Trinajstić information content (AvgIpc) is 2.87. The molecule has 1 aliphatic carbocycles. The molecule has 0 aliphatic heterocycles. The molecule has 2 heteroatoms. The zero-order valence-corrected chi connectivity index (χ0v) is 7.70. The summed E-state index contributed by atoms with van der Waals surface area (Å²) in [7, 11) is 0. The molecule has 2 heterocycles. The van der Waals surface area contributed by atoms with Crippen LogP contribution < -0.4 is 0 Å². The van der Waals surface area contributed by atoms with E-state index in [0.717, 1.165) is 5.92 Å². The maximum absolute atomic E-state index is 4.59. The smallest absolute Gasteiger partial charge is 0.0667 e. The van der Waals surface area contributed by atoms with Gasteiger partial charge in [-0.15, -0.1) is 0 Å². The molecule has 0 saturated heterocycles. The standard InChI is InChI=1S/C11H12N2/c1-8-3-2-4-10-7-11(9-5-6-9)12-13(8)10/h2-4,7,9H,5-6H2,1H3. The maximum Gasteiger partial charge on any atom is 0.0667 e. The van der Waals surface area contributed by atoms with Gasteiger partial charge in [0.15, 0.2) is 0 Å². The van der Waals surface area contributed by atoms with Crippen LogP contribution in [0.1, 0.15) is 30.1 Å². The van der Waals surface area contributed by atoms with E-state index >= 15 is 0 Å². The second-order valence-corrected chi connectivity index (χ2v) is 3.85. The monoisotopic (exact) mass is 172 g/mol. The van der Waals surface area contributed by atoms with E-state index in [9.17, 15) is 0 Å². The summed E-state index contributed by atoms with van der Waals surface area (Å²) in [5.74, 6) is 0.749. The molecule has 2 aromatic rings. The Morgan fingerprint density at radius 2 is 2.23 bits per heavy atom. The predicted octanol–water partition coefficient (Wildman–Crippen LogP) is 2.52. The van der Waals surface area contributed by atoms with E-state index in [1.807, 2.05) is 4.52 Å². The van der Waals surface area contributed by atoms with Crippen LogP contribution in [-0.4, -0.2) is 9.61 Å². The third-order valence-corrected chi connectivity index (χ3v) is 2.69. The molecular weight excluding hydrogens is 160 g/mol. The van der Waals surface area contributed by atoms with Crippen LogP contribution in [0.3, 0.4) is 0 Å². The van der Waals surface area contributed by atoms with Crippen molar-refractivity contribution in [1.82, 2.24) is 9.61 Å². The zero-order valence-electron chi connectivity index (χ0n) is 7.70. The minimum absolute atomic E-state index is 0.749. The van der Waals surface area contributed by atoms with Gasteiger partial charge in [0.25, 0.3) is 0 Å². The van der Waals surface area contributed by atoms with Crippen molar-refractivity contribution in [3.63, 3.8) is 0 Å². The van der Waals surface area contributed by atoms with Gasteiger partial charge in [0, 0.05) is 11.6 Å². The van der Waals surface area contributed by atoms with E-state index in [1.165, 1.54) is 29.7 Å². The van der Waals surface area contributed by atoms with Crippen molar-refractivity contribution in [3.05, 3.63) is 35.7 Å². The first-order chi connectivity index (χ1) is 6.34. The molecule has 2 aromatic heterocycles. The third-order valence-electron chi connectivity index (χ3n) is 2.69. The molecule has 1 fully saturated rings. The van der Waals surface area contributed by atoms with Crippen LogP contribution in [0.5, 0.6) is 0 Å². The molecule has 1 saturated carbocycles. The SMILES string of the molecule is Cc1cccc2cc(C3CC3)nn12. The van der Waals surface area contributed by atoms with Crippen molar-refractivity contribution in [1.29, 1.82) is 0 Å². The molecule has 0 amide bonds. The molecule has 13 heavy (non-hydrogen) atoms. The number of hydrogen-bond acceptors (Lipinski definition) is 1. The lowest BCUT2D eigenvalue weighted by Gasteiger charge is -1.95. The maximum atomic E-state index is 4.59. The van der Waals surface area contributed by atoms with Gasteiger partial charge in [0.1, 0.15) is 0 Å². The molecule has 0 atom stereocenters. The van der Waals surface area contributed by atoms with Crippen LogP contribution in [0.15, 0.2) is 24.3 Å². The van der Waals surface area contributed by atoms with Crippen molar-refractivity contribution in [3.8, 4) is 0 Å². The van der Waals surface area contributed by atoms with Gasteiger partial charge in [0.05, 0.1) is 11.2 Å². The van der Waals surface area contributed by atoms with Crippen molar-refractivity contribution < 1.29 is 0 Å². The van der Waals surface area contributed by atoms with Crippen molar-refractivity contribution >= 4 is 5.52 Å². The zero-order chi connectivity index (χ0) is 8.84. The Bertz CT molecular complexity index is 452. The lowest BCUT2D eigenvalue weighted by Crippen LogP contribution is -1.92. The fourth-order valence-electron chi connectivity index (χ4n) is 1.75. The van der Waals surface area contributed by atoms with Crippen molar-refractivity contribution in [2.24, 2.45) is 0 Å². The summed E-state index contributed by atoms with van der Waals surface area (Å²) in [4.78, 5) is 0. The number of fused-ring (bicyclic) bond motifs is 1. The summed E-state index contributed by atoms with van der Waals surface area (Å²) in [6.07, 6.45) is 2.64. The Labute approximate surface area is 77.2 Å². The molecule has 0 spiro atoms. The molecular formula is C11H12N2. The molecule has 2 nitrogen and oxygen atoms in total. The van der Waals surface area contributed by atoms with Crippen molar-refractivity contribution in [2.75, 3.05) is 0 Å². The van der Waals surface area contributed by atoms with Crippen LogP contribution >= 0.6 is 0 Å². The largest absolute Gasteiger partial charge is 0.238 e. The van der Waals surface area contributed by atoms with Crippen LogP contribution in [0.4, 0.5) is 0 Å². The van der Waals surface area contributed by atoms with Gasteiger partial charge in [-0.1, -0.05) is 6.07 Å². The van der Waals surface area contributed by atoms with E-state index in [-0.39, 0.29) is 0 Å². The summed E-state index contributed by atoms with van der Waals surface area (Å²) in [5, 5.41) is 4.59. The minimum atomic E-state index is 0.749. The fraction of sp³-hybridized carbons (Fsp3) is 0.364. The highest BCUT2D eigenvalue weighted by Gasteiger charge is 2.26. The van der Waals surface area contributed by atoms with E-state index < -0.39 is 0 Å². The topological polar surface area (TPSA) is 17.3 Å². The van der Waals surface area contributed by atoms with E-state index in [4.69, 9.17) is 0 Å². The van der Waals surface area contributed by atoms with E-state index in [0.29, 0.717) is 0 Å². The Hall–Kier alpha value is -1.31. The Morgan fingerprint density at radius 3 is 2.92 bits per heavy atom. The molecule has 0 radical (unpaired) electrons. The fourth-order valence-corrected chi connectivity index (χ4v) is 1.75. The first kappa shape index (κ1) is 7.13. The van der Waals surface area contributed by atoms with Gasteiger partial charge in [-0.2, -0.15) is 5.10 Å². The van der Waals surface area contributed by atoms with Crippen molar-refractivity contribution in [2.45, 2.75) is 25.7 Å². The van der Waals surface area contributed by atoms with Crippen LogP contribution in [0.25, 0.3) is 5.52 Å².